The maximum atomic E-state index is 11.8. The van der Waals surface area contributed by atoms with Gasteiger partial charge in [-0.25, -0.2) is 4.79 Å². The number of hydrogen-bond acceptors (Lipinski definition) is 4. The Balaban J connectivity index is 1.82. The van der Waals surface area contributed by atoms with Gasteiger partial charge in [-0.3, -0.25) is 19.4 Å². The molecule has 0 saturated heterocycles. The molecule has 0 aliphatic carbocycles. The van der Waals surface area contributed by atoms with Crippen molar-refractivity contribution in [1.82, 2.24) is 9.97 Å². The second-order valence-electron chi connectivity index (χ2n) is 4.68. The van der Waals surface area contributed by atoms with Crippen LogP contribution in [0.5, 0.6) is 0 Å². The van der Waals surface area contributed by atoms with E-state index in [2.05, 4.69) is 10.3 Å². The summed E-state index contributed by atoms with van der Waals surface area (Å²) in [6.07, 6.45) is 1.87. The topological polar surface area (TPSA) is 112 Å². The molecule has 3 N–H and O–H groups in total. The van der Waals surface area contributed by atoms with Crippen molar-refractivity contribution >= 4 is 17.4 Å². The van der Waals surface area contributed by atoms with E-state index in [-0.39, 0.29) is 24.3 Å². The summed E-state index contributed by atoms with van der Waals surface area (Å²) in [4.78, 5) is 50.1. The van der Waals surface area contributed by atoms with Gasteiger partial charge in [-0.05, 0) is 6.42 Å². The smallest absolute Gasteiger partial charge is 0.320 e. The van der Waals surface area contributed by atoms with Gasteiger partial charge in [0.15, 0.2) is 5.78 Å². The highest BCUT2D eigenvalue weighted by molar-refractivity contribution is 5.96. The molecule has 0 aliphatic heterocycles. The van der Waals surface area contributed by atoms with Crippen LogP contribution in [0.25, 0.3) is 0 Å². The first-order chi connectivity index (χ1) is 10.6. The Bertz CT molecular complexity index is 777. The molecule has 0 atom stereocenters. The number of Topliss-reactive ketones (excluding diaryl/α,β-unsaturated/α-hetero) is 1. The molecule has 2 rings (SSSR count). The number of nitrogens with one attached hydrogen (secondary N) is 3. The minimum atomic E-state index is -0.669. The molecular weight excluding hydrogens is 286 g/mol. The van der Waals surface area contributed by atoms with Crippen molar-refractivity contribution in [3.63, 3.8) is 0 Å². The average Bonchev–Trinajstić information content (AvgIpc) is 2.51. The predicted molar refractivity (Wildman–Crippen MR) is 80.9 cm³/mol. The van der Waals surface area contributed by atoms with Gasteiger partial charge in [0.2, 0.25) is 5.91 Å². The van der Waals surface area contributed by atoms with Crippen LogP contribution in [-0.2, 0) is 4.79 Å². The van der Waals surface area contributed by atoms with Crippen LogP contribution in [0.3, 0.4) is 0 Å². The SMILES string of the molecule is O=C(CCCC(=O)c1ccccc1)Nc1c[nH]c(=O)[nH]c1=O. The highest BCUT2D eigenvalue weighted by Crippen LogP contribution is 2.07. The van der Waals surface area contributed by atoms with Crippen LogP contribution < -0.4 is 16.6 Å². The molecular formula is C15H15N3O4. The summed E-state index contributed by atoms with van der Waals surface area (Å²) in [5.74, 6) is -0.423. The van der Waals surface area contributed by atoms with Gasteiger partial charge >= 0.3 is 5.69 Å². The van der Waals surface area contributed by atoms with Gasteiger partial charge in [-0.1, -0.05) is 30.3 Å². The summed E-state index contributed by atoms with van der Waals surface area (Å²) >= 11 is 0. The molecule has 0 bridgehead atoms. The number of amides is 1. The van der Waals surface area contributed by atoms with Gasteiger partial charge < -0.3 is 10.3 Å². The maximum Gasteiger partial charge on any atom is 0.325 e. The first kappa shape index (κ1) is 15.4. The Morgan fingerprint density at radius 3 is 2.45 bits per heavy atom. The fourth-order valence-electron chi connectivity index (χ4n) is 1.89. The standard InChI is InChI=1S/C15H15N3O4/c19-12(10-5-2-1-3-6-10)7-4-8-13(20)17-11-9-16-15(22)18-14(11)21/h1-3,5-6,9H,4,7-8H2,(H,17,20)(H2,16,18,21,22). The van der Waals surface area contributed by atoms with Crippen LogP contribution in [0.4, 0.5) is 5.69 Å². The van der Waals surface area contributed by atoms with Crippen LogP contribution in [-0.4, -0.2) is 21.7 Å². The van der Waals surface area contributed by atoms with E-state index in [1.165, 1.54) is 0 Å². The molecule has 22 heavy (non-hydrogen) atoms. The van der Waals surface area contributed by atoms with Gasteiger partial charge in [0.25, 0.3) is 5.56 Å². The zero-order valence-corrected chi connectivity index (χ0v) is 11.7. The van der Waals surface area contributed by atoms with E-state index in [4.69, 9.17) is 0 Å². The van der Waals surface area contributed by atoms with Gasteiger partial charge in [-0.15, -0.1) is 0 Å². The van der Waals surface area contributed by atoms with Crippen LogP contribution in [0.1, 0.15) is 29.6 Å². The Kier molecular flexibility index (Phi) is 5.02. The quantitative estimate of drug-likeness (QED) is 0.692. The third-order valence-electron chi connectivity index (χ3n) is 3.00. The van der Waals surface area contributed by atoms with E-state index >= 15 is 0 Å². The highest BCUT2D eigenvalue weighted by Gasteiger charge is 2.09. The summed E-state index contributed by atoms with van der Waals surface area (Å²) in [5.41, 5.74) is -0.729. The van der Waals surface area contributed by atoms with Crippen molar-refractivity contribution < 1.29 is 9.59 Å². The second kappa shape index (κ2) is 7.16. The van der Waals surface area contributed by atoms with E-state index < -0.39 is 17.2 Å². The second-order valence-corrected chi connectivity index (χ2v) is 4.68. The molecule has 1 aromatic heterocycles. The van der Waals surface area contributed by atoms with Crippen molar-refractivity contribution in [3.05, 3.63) is 62.9 Å². The number of ketones is 1. The lowest BCUT2D eigenvalue weighted by atomic mass is 10.1. The van der Waals surface area contributed by atoms with E-state index in [0.717, 1.165) is 6.20 Å². The van der Waals surface area contributed by atoms with Crippen molar-refractivity contribution in [2.75, 3.05) is 5.32 Å². The van der Waals surface area contributed by atoms with Crippen LogP contribution >= 0.6 is 0 Å². The van der Waals surface area contributed by atoms with Crippen molar-refractivity contribution in [2.24, 2.45) is 0 Å². The summed E-state index contributed by atoms with van der Waals surface area (Å²) in [6.45, 7) is 0. The van der Waals surface area contributed by atoms with Crippen LogP contribution in [0.15, 0.2) is 46.1 Å². The molecule has 0 aliphatic rings. The molecule has 1 amide bonds. The van der Waals surface area contributed by atoms with Crippen LogP contribution in [0.2, 0.25) is 0 Å². The number of rotatable bonds is 6. The number of benzene rings is 1. The van der Waals surface area contributed by atoms with Gasteiger partial charge in [0.1, 0.15) is 5.69 Å². The normalized spacial score (nSPS) is 10.2. The number of carbonyl (C=O) groups is 2. The monoisotopic (exact) mass is 301 g/mol. The summed E-state index contributed by atoms with van der Waals surface area (Å²) in [6, 6.07) is 8.83. The fraction of sp³-hybridized carbons (Fsp3) is 0.200. The number of aromatic nitrogens is 2. The first-order valence-electron chi connectivity index (χ1n) is 6.76. The molecule has 0 fully saturated rings. The lowest BCUT2D eigenvalue weighted by Crippen LogP contribution is -2.26. The first-order valence-corrected chi connectivity index (χ1v) is 6.76. The Hall–Kier alpha value is -2.96. The Labute approximate surface area is 125 Å². The third kappa shape index (κ3) is 4.27. The summed E-state index contributed by atoms with van der Waals surface area (Å²) in [5, 5.41) is 2.39. The molecule has 0 unspecified atom stereocenters. The lowest BCUT2D eigenvalue weighted by Gasteiger charge is -2.04. The summed E-state index contributed by atoms with van der Waals surface area (Å²) < 4.78 is 0. The van der Waals surface area contributed by atoms with Gasteiger partial charge in [0, 0.05) is 24.6 Å². The molecule has 1 heterocycles. The molecule has 0 spiro atoms. The molecule has 0 saturated carbocycles. The highest BCUT2D eigenvalue weighted by atomic mass is 16.2. The zero-order chi connectivity index (χ0) is 15.9. The molecule has 0 radical (unpaired) electrons. The van der Waals surface area contributed by atoms with Gasteiger partial charge in [0.05, 0.1) is 0 Å². The fourth-order valence-corrected chi connectivity index (χ4v) is 1.89. The Morgan fingerprint density at radius 1 is 1.05 bits per heavy atom. The minimum Gasteiger partial charge on any atom is -0.320 e. The van der Waals surface area contributed by atoms with E-state index in [1.54, 1.807) is 24.3 Å². The molecule has 7 nitrogen and oxygen atoms in total. The third-order valence-corrected chi connectivity index (χ3v) is 3.00. The zero-order valence-electron chi connectivity index (χ0n) is 11.7. The largest absolute Gasteiger partial charge is 0.325 e. The maximum absolute atomic E-state index is 11.8. The number of carbonyl (C=O) groups excluding carboxylic acids is 2. The van der Waals surface area contributed by atoms with E-state index in [1.807, 2.05) is 11.1 Å². The van der Waals surface area contributed by atoms with E-state index in [9.17, 15) is 19.2 Å². The molecule has 7 heteroatoms. The predicted octanol–water partition coefficient (Wildman–Crippen LogP) is 1.05. The molecule has 2 aromatic rings. The average molecular weight is 301 g/mol. The molecule has 114 valence electrons. The summed E-state index contributed by atoms with van der Waals surface area (Å²) in [7, 11) is 0. The Morgan fingerprint density at radius 2 is 1.77 bits per heavy atom. The number of anilines is 1. The van der Waals surface area contributed by atoms with Gasteiger partial charge in [-0.2, -0.15) is 0 Å². The minimum absolute atomic E-state index is 0.0287. The lowest BCUT2D eigenvalue weighted by molar-refractivity contribution is -0.116. The van der Waals surface area contributed by atoms with Crippen molar-refractivity contribution in [3.8, 4) is 0 Å². The van der Waals surface area contributed by atoms with Crippen molar-refractivity contribution in [2.45, 2.75) is 19.3 Å². The van der Waals surface area contributed by atoms with E-state index in [0.29, 0.717) is 12.0 Å². The molecule has 1 aromatic carbocycles. The number of hydrogen-bond donors (Lipinski definition) is 3. The van der Waals surface area contributed by atoms with Crippen molar-refractivity contribution in [1.29, 1.82) is 0 Å². The van der Waals surface area contributed by atoms with Crippen LogP contribution in [0, 0.1) is 0 Å². The number of aromatic amines is 2. The number of H-pyrrole nitrogens is 2.